The lowest BCUT2D eigenvalue weighted by atomic mass is 10.1. The lowest BCUT2D eigenvalue weighted by Gasteiger charge is -2.07. The van der Waals surface area contributed by atoms with Crippen molar-refractivity contribution >= 4 is 44.2 Å². The Bertz CT molecular complexity index is 403. The number of pyridine rings is 1. The maximum absolute atomic E-state index is 12.7. The molecule has 15 heavy (non-hydrogen) atoms. The fraction of sp³-hybridized carbons (Fsp3) is 0.286. The van der Waals surface area contributed by atoms with E-state index in [1.807, 2.05) is 0 Å². The highest BCUT2D eigenvalue weighted by molar-refractivity contribution is 14.1. The Labute approximate surface area is 105 Å². The number of nitrogens with zero attached hydrogens (tertiary/aromatic N) is 2. The molecule has 0 aromatic carbocycles. The zero-order valence-corrected chi connectivity index (χ0v) is 10.8. The molecule has 4 nitrogen and oxygen atoms in total. The first-order valence-corrected chi connectivity index (χ1v) is 5.84. The van der Waals surface area contributed by atoms with E-state index in [9.17, 15) is 18.9 Å². The molecule has 0 aliphatic rings. The molecule has 0 unspecified atom stereocenters. The van der Waals surface area contributed by atoms with Gasteiger partial charge in [0.25, 0.3) is 6.43 Å². The van der Waals surface area contributed by atoms with E-state index < -0.39 is 22.6 Å². The summed E-state index contributed by atoms with van der Waals surface area (Å²) in [5.74, 6) is 0. The van der Waals surface area contributed by atoms with Crippen LogP contribution in [0.15, 0.2) is 6.20 Å². The molecule has 0 atom stereocenters. The molecule has 0 amide bonds. The van der Waals surface area contributed by atoms with Gasteiger partial charge in [0.2, 0.25) is 0 Å². The molecule has 0 fully saturated rings. The van der Waals surface area contributed by atoms with Gasteiger partial charge in [-0.3, -0.25) is 10.1 Å². The zero-order chi connectivity index (χ0) is 11.6. The number of hydrogen-bond donors (Lipinski definition) is 0. The first-order chi connectivity index (χ1) is 6.99. The second kappa shape index (κ2) is 5.10. The van der Waals surface area contributed by atoms with Crippen molar-refractivity contribution in [2.24, 2.45) is 0 Å². The molecule has 1 aromatic heterocycles. The Hall–Kier alpha value is -0.380. The van der Waals surface area contributed by atoms with Crippen LogP contribution in [-0.4, -0.2) is 9.91 Å². The third kappa shape index (κ3) is 2.60. The van der Waals surface area contributed by atoms with Crippen molar-refractivity contribution in [2.45, 2.75) is 11.8 Å². The van der Waals surface area contributed by atoms with Crippen LogP contribution < -0.4 is 0 Å². The Kier molecular flexibility index (Phi) is 4.32. The summed E-state index contributed by atoms with van der Waals surface area (Å²) in [4.78, 5) is 13.5. The van der Waals surface area contributed by atoms with E-state index in [2.05, 4.69) is 20.9 Å². The van der Waals surface area contributed by atoms with E-state index in [1.54, 1.807) is 22.6 Å². The minimum Gasteiger partial charge on any atom is -0.258 e. The smallest absolute Gasteiger partial charge is 0.258 e. The van der Waals surface area contributed by atoms with Crippen molar-refractivity contribution in [3.63, 3.8) is 0 Å². The highest BCUT2D eigenvalue weighted by atomic mass is 127. The van der Waals surface area contributed by atoms with Gasteiger partial charge >= 0.3 is 5.69 Å². The van der Waals surface area contributed by atoms with Crippen LogP contribution in [0.1, 0.15) is 17.6 Å². The number of hydrogen-bond acceptors (Lipinski definition) is 3. The average Bonchev–Trinajstić information content (AvgIpc) is 2.16. The molecular weight excluding hydrogens is 389 g/mol. The maximum atomic E-state index is 12.7. The second-order valence-electron chi connectivity index (χ2n) is 2.53. The van der Waals surface area contributed by atoms with Crippen LogP contribution in [-0.2, 0) is 5.33 Å². The van der Waals surface area contributed by atoms with Gasteiger partial charge in [0.15, 0.2) is 3.70 Å². The summed E-state index contributed by atoms with van der Waals surface area (Å²) in [7, 11) is 0. The molecule has 0 saturated heterocycles. The lowest BCUT2D eigenvalue weighted by molar-refractivity contribution is -0.387. The van der Waals surface area contributed by atoms with E-state index in [4.69, 9.17) is 0 Å². The number of halogens is 4. The molecule has 0 bridgehead atoms. The van der Waals surface area contributed by atoms with Crippen molar-refractivity contribution in [1.82, 2.24) is 4.98 Å². The Morgan fingerprint density at radius 3 is 2.67 bits per heavy atom. The van der Waals surface area contributed by atoms with Gasteiger partial charge in [-0.1, -0.05) is 15.9 Å². The van der Waals surface area contributed by atoms with Crippen LogP contribution in [0.3, 0.4) is 0 Å². The fourth-order valence-corrected chi connectivity index (χ4v) is 2.13. The van der Waals surface area contributed by atoms with Gasteiger partial charge in [0.1, 0.15) is 5.56 Å². The van der Waals surface area contributed by atoms with Crippen LogP contribution in [0.2, 0.25) is 0 Å². The first-order valence-electron chi connectivity index (χ1n) is 3.64. The minimum absolute atomic E-state index is 0.0300. The van der Waals surface area contributed by atoms with Gasteiger partial charge in [-0.2, -0.15) is 0 Å². The molecule has 0 radical (unpaired) electrons. The average molecular weight is 393 g/mol. The zero-order valence-electron chi connectivity index (χ0n) is 7.08. The largest absolute Gasteiger partial charge is 0.310 e. The SMILES string of the molecule is O=[N+]([O-])c1c(I)ncc(CBr)c1C(F)F. The highest BCUT2D eigenvalue weighted by Crippen LogP contribution is 2.35. The van der Waals surface area contributed by atoms with E-state index in [-0.39, 0.29) is 14.6 Å². The van der Waals surface area contributed by atoms with Crippen molar-refractivity contribution < 1.29 is 13.7 Å². The normalized spacial score (nSPS) is 10.7. The maximum Gasteiger partial charge on any atom is 0.310 e. The van der Waals surface area contributed by atoms with Gasteiger partial charge in [0.05, 0.1) is 4.92 Å². The van der Waals surface area contributed by atoms with Crippen molar-refractivity contribution in [1.29, 1.82) is 0 Å². The predicted octanol–water partition coefficient (Wildman–Crippen LogP) is 3.43. The summed E-state index contributed by atoms with van der Waals surface area (Å²) >= 11 is 4.55. The van der Waals surface area contributed by atoms with E-state index in [0.717, 1.165) is 0 Å². The van der Waals surface area contributed by atoms with E-state index >= 15 is 0 Å². The van der Waals surface area contributed by atoms with E-state index in [0.29, 0.717) is 0 Å². The van der Waals surface area contributed by atoms with Gasteiger partial charge in [0, 0.05) is 11.5 Å². The summed E-state index contributed by atoms with van der Waals surface area (Å²) in [6.45, 7) is 0. The van der Waals surface area contributed by atoms with Crippen LogP contribution in [0.25, 0.3) is 0 Å². The van der Waals surface area contributed by atoms with Gasteiger partial charge in [-0.25, -0.2) is 13.8 Å². The molecule has 82 valence electrons. The third-order valence-electron chi connectivity index (χ3n) is 1.67. The molecule has 0 aliphatic heterocycles. The van der Waals surface area contributed by atoms with Crippen LogP contribution in [0.4, 0.5) is 14.5 Å². The lowest BCUT2D eigenvalue weighted by Crippen LogP contribution is -2.04. The Balaban J connectivity index is 3.51. The Morgan fingerprint density at radius 1 is 1.67 bits per heavy atom. The second-order valence-corrected chi connectivity index (χ2v) is 4.11. The topological polar surface area (TPSA) is 56.0 Å². The Morgan fingerprint density at radius 2 is 2.27 bits per heavy atom. The molecule has 0 saturated carbocycles. The third-order valence-corrected chi connectivity index (χ3v) is 3.07. The summed E-state index contributed by atoms with van der Waals surface area (Å²) in [6.07, 6.45) is -1.67. The summed E-state index contributed by atoms with van der Waals surface area (Å²) < 4.78 is 25.3. The number of nitro groups is 1. The highest BCUT2D eigenvalue weighted by Gasteiger charge is 2.28. The van der Waals surface area contributed by atoms with Crippen LogP contribution >= 0.6 is 38.5 Å². The molecule has 0 aliphatic carbocycles. The van der Waals surface area contributed by atoms with Crippen molar-refractivity contribution in [3.8, 4) is 0 Å². The van der Waals surface area contributed by atoms with Gasteiger partial charge in [-0.05, 0) is 28.2 Å². The van der Waals surface area contributed by atoms with Crippen molar-refractivity contribution in [3.05, 3.63) is 31.1 Å². The standard InChI is InChI=1S/C7H4BrF2IN2O2/c8-1-3-2-12-7(11)5(13(14)15)4(3)6(9)10/h2,6H,1H2. The number of aromatic nitrogens is 1. The van der Waals surface area contributed by atoms with Gasteiger partial charge < -0.3 is 0 Å². The van der Waals surface area contributed by atoms with Crippen LogP contribution in [0.5, 0.6) is 0 Å². The van der Waals surface area contributed by atoms with Crippen molar-refractivity contribution in [2.75, 3.05) is 0 Å². The number of alkyl halides is 3. The first kappa shape index (κ1) is 12.7. The summed E-state index contributed by atoms with van der Waals surface area (Å²) in [5, 5.41) is 10.7. The monoisotopic (exact) mass is 392 g/mol. The summed E-state index contributed by atoms with van der Waals surface area (Å²) in [6, 6.07) is 0. The van der Waals surface area contributed by atoms with E-state index in [1.165, 1.54) is 6.20 Å². The molecular formula is C7H4BrF2IN2O2. The summed E-state index contributed by atoms with van der Waals surface area (Å²) in [5.41, 5.74) is -1.03. The molecule has 0 spiro atoms. The fourth-order valence-electron chi connectivity index (χ4n) is 1.05. The predicted molar refractivity (Wildman–Crippen MR) is 61.2 cm³/mol. The molecule has 1 aromatic rings. The van der Waals surface area contributed by atoms with Crippen LogP contribution in [0, 0.1) is 13.8 Å². The molecule has 1 heterocycles. The molecule has 8 heteroatoms. The molecule has 0 N–H and O–H groups in total. The quantitative estimate of drug-likeness (QED) is 0.260. The molecule has 1 rings (SSSR count). The number of rotatable bonds is 3. The minimum atomic E-state index is -2.88. The van der Waals surface area contributed by atoms with Gasteiger partial charge in [-0.15, -0.1) is 0 Å².